The van der Waals surface area contributed by atoms with Crippen LogP contribution in [-0.4, -0.2) is 20.3 Å². The van der Waals surface area contributed by atoms with E-state index in [9.17, 15) is 18.0 Å². The normalized spacial score (nSPS) is 11.6. The van der Waals surface area contributed by atoms with Crippen LogP contribution in [0.15, 0.2) is 45.8 Å². The van der Waals surface area contributed by atoms with Gasteiger partial charge in [0.15, 0.2) is 0 Å². The van der Waals surface area contributed by atoms with Crippen molar-refractivity contribution in [1.82, 2.24) is 20.3 Å². The van der Waals surface area contributed by atoms with E-state index in [1.807, 2.05) is 6.07 Å². The van der Waals surface area contributed by atoms with Crippen LogP contribution in [0, 0.1) is 0 Å². The molecule has 9 heteroatoms. The minimum Gasteiger partial charge on any atom is -0.329 e. The molecule has 0 unspecified atom stereocenters. The minimum absolute atomic E-state index is 0.0943. The number of benzene rings is 1. The monoisotopic (exact) mass is 322 g/mol. The number of hydrogen-bond acceptors (Lipinski definition) is 5. The van der Waals surface area contributed by atoms with E-state index in [1.54, 1.807) is 24.3 Å². The molecule has 118 valence electrons. The highest BCUT2D eigenvalue weighted by atomic mass is 19.4. The maximum absolute atomic E-state index is 12.6. The van der Waals surface area contributed by atoms with E-state index < -0.39 is 17.6 Å². The lowest BCUT2D eigenvalue weighted by molar-refractivity contribution is -0.159. The van der Waals surface area contributed by atoms with Crippen LogP contribution in [-0.2, 0) is 12.6 Å². The van der Waals surface area contributed by atoms with E-state index in [-0.39, 0.29) is 23.4 Å². The number of hydrogen-bond donors (Lipinski definition) is 1. The van der Waals surface area contributed by atoms with Gasteiger partial charge >= 0.3 is 12.1 Å². The van der Waals surface area contributed by atoms with Gasteiger partial charge in [0.2, 0.25) is 5.82 Å². The summed E-state index contributed by atoms with van der Waals surface area (Å²) in [5.74, 6) is -1.81. The lowest BCUT2D eigenvalue weighted by Gasteiger charge is -2.04. The third kappa shape index (κ3) is 3.12. The fraction of sp³-hybridized carbons (Fsp3) is 0.143. The number of aromatic amines is 1. The van der Waals surface area contributed by atoms with Crippen molar-refractivity contribution in [1.29, 1.82) is 0 Å². The number of H-pyrrole nitrogens is 1. The zero-order valence-corrected chi connectivity index (χ0v) is 11.5. The summed E-state index contributed by atoms with van der Waals surface area (Å²) in [6, 6.07) is 8.99. The van der Waals surface area contributed by atoms with Crippen LogP contribution in [0.25, 0.3) is 11.4 Å². The molecule has 3 aromatic rings. The van der Waals surface area contributed by atoms with Crippen molar-refractivity contribution >= 4 is 0 Å². The molecule has 0 spiro atoms. The van der Waals surface area contributed by atoms with Gasteiger partial charge in [-0.15, -0.1) is 0 Å². The highest BCUT2D eigenvalue weighted by Crippen LogP contribution is 2.29. The summed E-state index contributed by atoms with van der Waals surface area (Å²) in [5.41, 5.74) is 0.590. The molecule has 6 nitrogen and oxygen atoms in total. The molecule has 0 bridgehead atoms. The number of aromatic nitrogens is 4. The minimum atomic E-state index is -4.75. The number of nitrogens with one attached hydrogen (secondary N) is 1. The van der Waals surface area contributed by atoms with Gasteiger partial charge in [-0.2, -0.15) is 23.3 Å². The Labute approximate surface area is 127 Å². The van der Waals surface area contributed by atoms with Gasteiger partial charge in [0.05, 0.1) is 11.8 Å². The van der Waals surface area contributed by atoms with E-state index in [2.05, 4.69) is 24.9 Å². The predicted octanol–water partition coefficient (Wildman–Crippen LogP) is 2.43. The molecule has 0 amide bonds. The Balaban J connectivity index is 2.05. The Kier molecular flexibility index (Phi) is 3.68. The topological polar surface area (TPSA) is 84.7 Å². The summed E-state index contributed by atoms with van der Waals surface area (Å²) in [5, 5.41) is 9.14. The van der Waals surface area contributed by atoms with Crippen molar-refractivity contribution in [2.24, 2.45) is 0 Å². The van der Waals surface area contributed by atoms with Gasteiger partial charge < -0.3 is 4.52 Å². The molecule has 1 N–H and O–H groups in total. The molecule has 2 aromatic heterocycles. The highest BCUT2D eigenvalue weighted by molar-refractivity contribution is 5.58. The van der Waals surface area contributed by atoms with Gasteiger partial charge in [-0.25, -0.2) is 5.10 Å². The number of nitrogens with zero attached hydrogens (tertiary/aromatic N) is 3. The van der Waals surface area contributed by atoms with Crippen molar-refractivity contribution in [3.8, 4) is 11.4 Å². The zero-order chi connectivity index (χ0) is 16.4. The number of rotatable bonds is 3. The largest absolute Gasteiger partial charge is 0.471 e. The second kappa shape index (κ2) is 5.67. The molecule has 0 aliphatic carbocycles. The summed E-state index contributed by atoms with van der Waals surface area (Å²) >= 11 is 0. The average molecular weight is 322 g/mol. The molecule has 0 saturated carbocycles. The second-order valence-electron chi connectivity index (χ2n) is 4.67. The first-order chi connectivity index (χ1) is 10.9. The first-order valence-corrected chi connectivity index (χ1v) is 6.47. The molecular formula is C14H9F3N4O2. The van der Waals surface area contributed by atoms with E-state index >= 15 is 0 Å². The van der Waals surface area contributed by atoms with Crippen LogP contribution in [0.2, 0.25) is 0 Å². The van der Waals surface area contributed by atoms with Crippen LogP contribution in [0.3, 0.4) is 0 Å². The van der Waals surface area contributed by atoms with Crippen molar-refractivity contribution in [2.75, 3.05) is 0 Å². The molecule has 1 aromatic carbocycles. The van der Waals surface area contributed by atoms with Gasteiger partial charge in [-0.1, -0.05) is 35.5 Å². The average Bonchev–Trinajstić information content (AvgIpc) is 3.00. The summed E-state index contributed by atoms with van der Waals surface area (Å²) < 4.78 is 41.9. The predicted molar refractivity (Wildman–Crippen MR) is 72.4 cm³/mol. The molecule has 0 aliphatic heterocycles. The van der Waals surface area contributed by atoms with Crippen molar-refractivity contribution in [3.63, 3.8) is 0 Å². The summed E-state index contributed by atoms with van der Waals surface area (Å²) in [7, 11) is 0. The molecule has 0 saturated heterocycles. The molecule has 0 radical (unpaired) electrons. The SMILES string of the molecule is O=c1[nH]ncc(-c2noc(C(F)(F)F)n2)c1Cc1ccccc1. The summed E-state index contributed by atoms with van der Waals surface area (Å²) in [4.78, 5) is 15.3. The molecule has 3 rings (SSSR count). The zero-order valence-electron chi connectivity index (χ0n) is 11.5. The Hall–Kier alpha value is -2.97. The fourth-order valence-corrected chi connectivity index (χ4v) is 2.04. The maximum Gasteiger partial charge on any atom is 0.471 e. The van der Waals surface area contributed by atoms with Gasteiger partial charge in [0.1, 0.15) is 0 Å². The number of alkyl halides is 3. The Morgan fingerprint density at radius 3 is 2.57 bits per heavy atom. The molecule has 23 heavy (non-hydrogen) atoms. The van der Waals surface area contributed by atoms with Crippen LogP contribution >= 0.6 is 0 Å². The molecule has 0 atom stereocenters. The van der Waals surface area contributed by atoms with Crippen LogP contribution < -0.4 is 5.56 Å². The Morgan fingerprint density at radius 1 is 1.17 bits per heavy atom. The molecule has 0 aliphatic rings. The van der Waals surface area contributed by atoms with E-state index in [4.69, 9.17) is 0 Å². The van der Waals surface area contributed by atoms with Crippen molar-refractivity contribution in [2.45, 2.75) is 12.6 Å². The van der Waals surface area contributed by atoms with Crippen LogP contribution in [0.1, 0.15) is 17.0 Å². The smallest absolute Gasteiger partial charge is 0.329 e. The van der Waals surface area contributed by atoms with Crippen LogP contribution in [0.5, 0.6) is 0 Å². The van der Waals surface area contributed by atoms with E-state index in [1.165, 1.54) is 6.20 Å². The van der Waals surface area contributed by atoms with E-state index in [0.717, 1.165) is 5.56 Å². The lowest BCUT2D eigenvalue weighted by Crippen LogP contribution is -2.16. The number of halogens is 3. The second-order valence-corrected chi connectivity index (χ2v) is 4.67. The Bertz CT molecular complexity index is 871. The van der Waals surface area contributed by atoms with Gasteiger partial charge in [0, 0.05) is 12.0 Å². The maximum atomic E-state index is 12.6. The Morgan fingerprint density at radius 2 is 1.91 bits per heavy atom. The van der Waals surface area contributed by atoms with Gasteiger partial charge in [0.25, 0.3) is 5.56 Å². The van der Waals surface area contributed by atoms with E-state index in [0.29, 0.717) is 0 Å². The molecule has 0 fully saturated rings. The van der Waals surface area contributed by atoms with Crippen molar-refractivity contribution < 1.29 is 17.7 Å². The van der Waals surface area contributed by atoms with Gasteiger partial charge in [-0.3, -0.25) is 4.79 Å². The highest BCUT2D eigenvalue weighted by Gasteiger charge is 2.38. The third-order valence-corrected chi connectivity index (χ3v) is 3.09. The standard InChI is InChI=1S/C14H9F3N4O2/c15-14(16,17)13-19-11(21-23-13)10-7-18-20-12(22)9(10)6-8-4-2-1-3-5-8/h1-5,7H,6H2,(H,20,22). The van der Waals surface area contributed by atoms with Crippen molar-refractivity contribution in [3.05, 3.63) is 63.9 Å². The summed E-state index contributed by atoms with van der Waals surface area (Å²) in [6.07, 6.45) is -3.35. The molecular weight excluding hydrogens is 313 g/mol. The van der Waals surface area contributed by atoms with Crippen LogP contribution in [0.4, 0.5) is 13.2 Å². The first kappa shape index (κ1) is 14.9. The fourth-order valence-electron chi connectivity index (χ4n) is 2.04. The quantitative estimate of drug-likeness (QED) is 0.800. The summed E-state index contributed by atoms with van der Waals surface area (Å²) in [6.45, 7) is 0. The third-order valence-electron chi connectivity index (χ3n) is 3.09. The van der Waals surface area contributed by atoms with Gasteiger partial charge in [-0.05, 0) is 5.56 Å². The first-order valence-electron chi connectivity index (χ1n) is 6.47. The molecule has 2 heterocycles. The lowest BCUT2D eigenvalue weighted by atomic mass is 10.0.